The number of aromatic hydroxyl groups is 1. The number of phenolic OH excluding ortho intramolecular Hbond substituents is 1. The number of aromatic amines is 1. The number of benzene rings is 1. The molecule has 0 radical (unpaired) electrons. The van der Waals surface area contributed by atoms with Gasteiger partial charge in [0.2, 0.25) is 5.95 Å². The van der Waals surface area contributed by atoms with Gasteiger partial charge in [0.1, 0.15) is 11.4 Å². The van der Waals surface area contributed by atoms with E-state index in [1.165, 1.54) is 0 Å². The molecule has 1 aliphatic heterocycles. The lowest BCUT2D eigenvalue weighted by Gasteiger charge is -2.15. The van der Waals surface area contributed by atoms with Gasteiger partial charge < -0.3 is 15.3 Å². The highest BCUT2D eigenvalue weighted by atomic mass is 16.3. The number of hydrogen-bond acceptors (Lipinski definition) is 7. The predicted molar refractivity (Wildman–Crippen MR) is 94.2 cm³/mol. The highest BCUT2D eigenvalue weighted by Gasteiger charge is 2.23. The van der Waals surface area contributed by atoms with Gasteiger partial charge in [0.25, 0.3) is 0 Å². The largest absolute Gasteiger partial charge is 0.507 e. The smallest absolute Gasteiger partial charge is 0.245 e. The lowest BCUT2D eigenvalue weighted by molar-refractivity contribution is 0.477. The van der Waals surface area contributed by atoms with Crippen molar-refractivity contribution in [2.45, 2.75) is 12.5 Å². The zero-order valence-electron chi connectivity index (χ0n) is 13.8. The molecule has 8 nitrogen and oxygen atoms in total. The van der Waals surface area contributed by atoms with Crippen LogP contribution in [0.25, 0.3) is 22.4 Å². The number of aromatic nitrogens is 5. The van der Waals surface area contributed by atoms with Crippen LogP contribution in [0.15, 0.2) is 36.8 Å². The van der Waals surface area contributed by atoms with Gasteiger partial charge >= 0.3 is 0 Å². The van der Waals surface area contributed by atoms with E-state index < -0.39 is 0 Å². The van der Waals surface area contributed by atoms with Crippen molar-refractivity contribution < 1.29 is 5.11 Å². The third kappa shape index (κ3) is 3.03. The van der Waals surface area contributed by atoms with Crippen LogP contribution in [0.5, 0.6) is 5.75 Å². The molecule has 25 heavy (non-hydrogen) atoms. The fraction of sp³-hybridized carbons (Fsp3) is 0.294. The number of nitrogens with one attached hydrogen (secondary N) is 2. The van der Waals surface area contributed by atoms with E-state index in [0.29, 0.717) is 23.2 Å². The first-order valence-corrected chi connectivity index (χ1v) is 8.19. The molecule has 2 aromatic heterocycles. The molecule has 3 N–H and O–H groups in total. The van der Waals surface area contributed by atoms with Crippen molar-refractivity contribution in [2.24, 2.45) is 0 Å². The molecule has 0 unspecified atom stereocenters. The number of nitrogens with zero attached hydrogens (tertiary/aromatic N) is 5. The minimum Gasteiger partial charge on any atom is -0.507 e. The summed E-state index contributed by atoms with van der Waals surface area (Å²) in [5, 5.41) is 28.8. The zero-order valence-corrected chi connectivity index (χ0v) is 13.8. The maximum Gasteiger partial charge on any atom is 0.245 e. The van der Waals surface area contributed by atoms with Crippen LogP contribution >= 0.6 is 0 Å². The zero-order chi connectivity index (χ0) is 17.2. The van der Waals surface area contributed by atoms with E-state index in [1.54, 1.807) is 24.7 Å². The van der Waals surface area contributed by atoms with Crippen LogP contribution in [0.3, 0.4) is 0 Å². The maximum atomic E-state index is 10.3. The van der Waals surface area contributed by atoms with E-state index in [4.69, 9.17) is 0 Å². The molecule has 1 atom stereocenters. The Morgan fingerprint density at radius 2 is 2.16 bits per heavy atom. The Labute approximate surface area is 144 Å². The molecule has 1 saturated heterocycles. The minimum absolute atomic E-state index is 0.138. The molecule has 1 aromatic carbocycles. The van der Waals surface area contributed by atoms with E-state index in [9.17, 15) is 5.11 Å². The molecular formula is C17H19N7O. The Kier molecular flexibility index (Phi) is 4.02. The lowest BCUT2D eigenvalue weighted by Crippen LogP contribution is -2.30. The highest BCUT2D eigenvalue weighted by molar-refractivity contribution is 5.73. The first kappa shape index (κ1) is 15.5. The molecule has 1 fully saturated rings. The van der Waals surface area contributed by atoms with Crippen molar-refractivity contribution in [3.8, 4) is 28.1 Å². The summed E-state index contributed by atoms with van der Waals surface area (Å²) < 4.78 is 0. The van der Waals surface area contributed by atoms with Crippen LogP contribution in [-0.2, 0) is 0 Å². The van der Waals surface area contributed by atoms with E-state index >= 15 is 0 Å². The molecule has 1 aliphatic rings. The summed E-state index contributed by atoms with van der Waals surface area (Å²) in [4.78, 5) is 6.53. The third-order valence-electron chi connectivity index (χ3n) is 4.53. The van der Waals surface area contributed by atoms with Crippen LogP contribution in [0.2, 0.25) is 0 Å². The second-order valence-corrected chi connectivity index (χ2v) is 6.08. The summed E-state index contributed by atoms with van der Waals surface area (Å²) in [5.41, 5.74) is 2.94. The number of phenols is 1. The summed E-state index contributed by atoms with van der Waals surface area (Å²) in [6.45, 7) is 1.79. The van der Waals surface area contributed by atoms with Gasteiger partial charge in [0.15, 0.2) is 0 Å². The van der Waals surface area contributed by atoms with Gasteiger partial charge in [-0.05, 0) is 31.2 Å². The van der Waals surface area contributed by atoms with Crippen LogP contribution < -0.4 is 10.2 Å². The van der Waals surface area contributed by atoms with E-state index in [0.717, 1.165) is 30.6 Å². The molecule has 8 heteroatoms. The number of H-pyrrole nitrogens is 1. The summed E-state index contributed by atoms with van der Waals surface area (Å²) in [6.07, 6.45) is 6.21. The first-order chi connectivity index (χ1) is 12.2. The third-order valence-corrected chi connectivity index (χ3v) is 4.53. The standard InChI is InChI=1S/C17H19N7O/c1-18-13-4-5-24(10-13)17-19-9-15(22-23-17)14-3-2-11(6-16(14)25)12-7-20-21-8-12/h2-3,6-9,13,18,25H,4-5,10H2,1H3,(H,20,21)/t13-/m0/s1. The van der Waals surface area contributed by atoms with Crippen LogP contribution in [-0.4, -0.2) is 56.7 Å². The summed E-state index contributed by atoms with van der Waals surface area (Å²) in [6, 6.07) is 5.87. The van der Waals surface area contributed by atoms with Crippen molar-refractivity contribution in [2.75, 3.05) is 25.0 Å². The van der Waals surface area contributed by atoms with Gasteiger partial charge in [-0.1, -0.05) is 6.07 Å². The quantitative estimate of drug-likeness (QED) is 0.662. The van der Waals surface area contributed by atoms with Gasteiger partial charge in [-0.2, -0.15) is 5.10 Å². The Morgan fingerprint density at radius 3 is 2.80 bits per heavy atom. The van der Waals surface area contributed by atoms with Crippen molar-refractivity contribution >= 4 is 5.95 Å². The SMILES string of the molecule is CN[C@H]1CCN(c2ncc(-c3ccc(-c4cn[nH]c4)cc3O)nn2)C1. The monoisotopic (exact) mass is 337 g/mol. The molecule has 128 valence electrons. The summed E-state index contributed by atoms with van der Waals surface area (Å²) >= 11 is 0. The van der Waals surface area contributed by atoms with Gasteiger partial charge in [-0.25, -0.2) is 4.98 Å². The fourth-order valence-corrected chi connectivity index (χ4v) is 3.05. The number of hydrogen-bond donors (Lipinski definition) is 3. The van der Waals surface area contributed by atoms with Crippen molar-refractivity contribution in [3.63, 3.8) is 0 Å². The molecule has 4 rings (SSSR count). The van der Waals surface area contributed by atoms with E-state index in [1.807, 2.05) is 19.2 Å². The molecule has 0 saturated carbocycles. The molecule has 0 amide bonds. The van der Waals surface area contributed by atoms with Crippen LogP contribution in [0.4, 0.5) is 5.95 Å². The van der Waals surface area contributed by atoms with Crippen molar-refractivity contribution in [3.05, 3.63) is 36.8 Å². The highest BCUT2D eigenvalue weighted by Crippen LogP contribution is 2.32. The Bertz CT molecular complexity index is 848. The number of rotatable bonds is 4. The average molecular weight is 337 g/mol. The van der Waals surface area contributed by atoms with Gasteiger partial charge in [-0.3, -0.25) is 5.10 Å². The first-order valence-electron chi connectivity index (χ1n) is 8.19. The lowest BCUT2D eigenvalue weighted by atomic mass is 10.0. The van der Waals surface area contributed by atoms with E-state index in [2.05, 4.69) is 35.6 Å². The molecular weight excluding hydrogens is 318 g/mol. The summed E-state index contributed by atoms with van der Waals surface area (Å²) in [7, 11) is 1.96. The Hall–Kier alpha value is -3.00. The second-order valence-electron chi connectivity index (χ2n) is 6.08. The molecule has 0 aliphatic carbocycles. The van der Waals surface area contributed by atoms with E-state index in [-0.39, 0.29) is 5.75 Å². The fourth-order valence-electron chi connectivity index (χ4n) is 3.05. The van der Waals surface area contributed by atoms with Crippen molar-refractivity contribution in [1.82, 2.24) is 30.7 Å². The normalized spacial score (nSPS) is 17.2. The van der Waals surface area contributed by atoms with Gasteiger partial charge in [-0.15, -0.1) is 10.2 Å². The van der Waals surface area contributed by atoms with Crippen molar-refractivity contribution in [1.29, 1.82) is 0 Å². The minimum atomic E-state index is 0.138. The van der Waals surface area contributed by atoms with Gasteiger partial charge in [0.05, 0.1) is 12.4 Å². The molecule has 0 bridgehead atoms. The Morgan fingerprint density at radius 1 is 1.24 bits per heavy atom. The Balaban J connectivity index is 1.56. The van der Waals surface area contributed by atoms with Crippen LogP contribution in [0.1, 0.15) is 6.42 Å². The number of likely N-dealkylation sites (N-methyl/N-ethyl adjacent to an activating group) is 1. The predicted octanol–water partition coefficient (Wildman–Crippen LogP) is 1.43. The topological polar surface area (TPSA) is 103 Å². The van der Waals surface area contributed by atoms with Crippen LogP contribution in [0, 0.1) is 0 Å². The maximum absolute atomic E-state index is 10.3. The number of anilines is 1. The second kappa shape index (κ2) is 6.48. The summed E-state index contributed by atoms with van der Waals surface area (Å²) in [5.74, 6) is 0.759. The molecule has 3 aromatic rings. The van der Waals surface area contributed by atoms with Gasteiger partial charge in [0, 0.05) is 36.5 Å². The molecule has 0 spiro atoms. The average Bonchev–Trinajstić information content (AvgIpc) is 3.34. The molecule has 3 heterocycles.